The van der Waals surface area contributed by atoms with Crippen LogP contribution in [0.3, 0.4) is 0 Å². The third-order valence-corrected chi connectivity index (χ3v) is 7.54. The average molecular weight is 444 g/mol. The average Bonchev–Trinajstić information content (AvgIpc) is 2.79. The van der Waals surface area contributed by atoms with Crippen molar-refractivity contribution in [2.24, 2.45) is 5.92 Å². The number of carbonyl (C=O) groups is 2. The van der Waals surface area contributed by atoms with Gasteiger partial charge in [0.25, 0.3) is 5.91 Å². The highest BCUT2D eigenvalue weighted by molar-refractivity contribution is 7.89. The zero-order valence-electron chi connectivity index (χ0n) is 17.9. The van der Waals surface area contributed by atoms with Crippen molar-refractivity contribution in [3.63, 3.8) is 0 Å². The number of piperazine rings is 1. The second-order valence-corrected chi connectivity index (χ2v) is 9.59. The Morgan fingerprint density at radius 3 is 2.45 bits per heavy atom. The maximum absolute atomic E-state index is 13.1. The van der Waals surface area contributed by atoms with Crippen LogP contribution < -0.4 is 10.6 Å². The van der Waals surface area contributed by atoms with Crippen LogP contribution in [0.1, 0.15) is 48.7 Å². The molecule has 0 spiro atoms. The molecule has 1 aliphatic rings. The smallest absolute Gasteiger partial charge is 0.251 e. The van der Waals surface area contributed by atoms with Crippen LogP contribution in [0.5, 0.6) is 0 Å². The van der Waals surface area contributed by atoms with Gasteiger partial charge in [-0.2, -0.15) is 4.31 Å². The summed E-state index contributed by atoms with van der Waals surface area (Å²) in [7, 11) is -3.86. The maximum Gasteiger partial charge on any atom is 0.251 e. The Bertz CT molecular complexity index is 1020. The molecule has 1 aliphatic heterocycles. The molecule has 0 radical (unpaired) electrons. The molecule has 3 rings (SSSR count). The molecule has 0 unspecified atom stereocenters. The summed E-state index contributed by atoms with van der Waals surface area (Å²) in [5.74, 6) is -0.404. The third kappa shape index (κ3) is 5.32. The maximum atomic E-state index is 13.1. The van der Waals surface area contributed by atoms with Gasteiger partial charge in [0.2, 0.25) is 15.9 Å². The molecule has 1 fully saturated rings. The summed E-state index contributed by atoms with van der Waals surface area (Å²) < 4.78 is 27.1. The molecule has 8 heteroatoms. The molecule has 0 saturated carbocycles. The van der Waals surface area contributed by atoms with E-state index in [9.17, 15) is 18.0 Å². The minimum atomic E-state index is -3.86. The van der Waals surface area contributed by atoms with Gasteiger partial charge in [-0.15, -0.1) is 0 Å². The number of benzene rings is 2. The van der Waals surface area contributed by atoms with E-state index in [-0.39, 0.29) is 53.9 Å². The fourth-order valence-corrected chi connectivity index (χ4v) is 5.33. The summed E-state index contributed by atoms with van der Waals surface area (Å²) in [6.07, 6.45) is 1.81. The number of rotatable bonds is 8. The Hall–Kier alpha value is -2.71. The predicted octanol–water partition coefficient (Wildman–Crippen LogP) is 2.71. The summed E-state index contributed by atoms with van der Waals surface area (Å²) in [5.41, 5.74) is 1.29. The van der Waals surface area contributed by atoms with Crippen LogP contribution in [-0.2, 0) is 14.8 Å². The highest BCUT2D eigenvalue weighted by atomic mass is 32.2. The summed E-state index contributed by atoms with van der Waals surface area (Å²) in [6, 6.07) is 15.6. The molecule has 0 aliphatic carbocycles. The van der Waals surface area contributed by atoms with Gasteiger partial charge in [0.05, 0.1) is 17.5 Å². The molecule has 166 valence electrons. The van der Waals surface area contributed by atoms with Crippen molar-refractivity contribution in [3.05, 3.63) is 65.7 Å². The molecule has 0 aromatic heterocycles. The minimum absolute atomic E-state index is 0.00800. The van der Waals surface area contributed by atoms with E-state index in [2.05, 4.69) is 24.5 Å². The number of hydrogen-bond donors (Lipinski definition) is 2. The van der Waals surface area contributed by atoms with Crippen molar-refractivity contribution in [3.8, 4) is 0 Å². The summed E-state index contributed by atoms with van der Waals surface area (Å²) in [4.78, 5) is 24.7. The lowest BCUT2D eigenvalue weighted by Crippen LogP contribution is -2.49. The lowest BCUT2D eigenvalue weighted by atomic mass is 9.88. The Balaban J connectivity index is 1.85. The number of sulfonamides is 1. The number of amides is 2. The molecule has 2 amide bonds. The third-order valence-electron chi connectivity index (χ3n) is 5.70. The van der Waals surface area contributed by atoms with Gasteiger partial charge in [-0.3, -0.25) is 9.59 Å². The van der Waals surface area contributed by atoms with Gasteiger partial charge in [-0.05, 0) is 29.7 Å². The molecular weight excluding hydrogens is 414 g/mol. The van der Waals surface area contributed by atoms with Crippen molar-refractivity contribution in [2.45, 2.75) is 37.6 Å². The molecule has 0 bridgehead atoms. The van der Waals surface area contributed by atoms with Crippen molar-refractivity contribution in [1.82, 2.24) is 14.9 Å². The van der Waals surface area contributed by atoms with Gasteiger partial charge in [0.15, 0.2) is 0 Å². The molecule has 2 aromatic rings. The molecule has 1 heterocycles. The van der Waals surface area contributed by atoms with E-state index in [4.69, 9.17) is 0 Å². The second kappa shape index (κ2) is 10.1. The largest absolute Gasteiger partial charge is 0.354 e. The normalized spacial score (nSPS) is 16.0. The van der Waals surface area contributed by atoms with Crippen LogP contribution in [0.4, 0.5) is 0 Å². The van der Waals surface area contributed by atoms with Crippen LogP contribution >= 0.6 is 0 Å². The number of nitrogens with zero attached hydrogens (tertiary/aromatic N) is 1. The van der Waals surface area contributed by atoms with Crippen molar-refractivity contribution in [2.75, 3.05) is 19.6 Å². The topological polar surface area (TPSA) is 95.6 Å². The van der Waals surface area contributed by atoms with Crippen LogP contribution in [-0.4, -0.2) is 44.2 Å². The zero-order chi connectivity index (χ0) is 22.4. The molecule has 7 nitrogen and oxygen atoms in total. The lowest BCUT2D eigenvalue weighted by Gasteiger charge is -2.27. The summed E-state index contributed by atoms with van der Waals surface area (Å²) in [6.45, 7) is 4.45. The van der Waals surface area contributed by atoms with Crippen LogP contribution in [0.2, 0.25) is 0 Å². The Kier molecular flexibility index (Phi) is 7.46. The van der Waals surface area contributed by atoms with Gasteiger partial charge < -0.3 is 10.6 Å². The molecule has 2 N–H and O–H groups in total. The Morgan fingerprint density at radius 1 is 1.10 bits per heavy atom. The number of carbonyl (C=O) groups excluding carboxylic acids is 2. The lowest BCUT2D eigenvalue weighted by molar-refractivity contribution is -0.122. The van der Waals surface area contributed by atoms with Gasteiger partial charge >= 0.3 is 0 Å². The van der Waals surface area contributed by atoms with E-state index in [0.29, 0.717) is 0 Å². The van der Waals surface area contributed by atoms with E-state index in [0.717, 1.165) is 22.7 Å². The summed E-state index contributed by atoms with van der Waals surface area (Å²) in [5, 5.41) is 5.72. The molecule has 1 atom stereocenters. The van der Waals surface area contributed by atoms with Crippen molar-refractivity contribution >= 4 is 21.8 Å². The van der Waals surface area contributed by atoms with Gasteiger partial charge in [0, 0.05) is 18.7 Å². The van der Waals surface area contributed by atoms with Gasteiger partial charge in [-0.1, -0.05) is 63.1 Å². The van der Waals surface area contributed by atoms with Crippen molar-refractivity contribution in [1.29, 1.82) is 0 Å². The zero-order valence-corrected chi connectivity index (χ0v) is 18.7. The first-order valence-electron chi connectivity index (χ1n) is 10.6. The van der Waals surface area contributed by atoms with E-state index >= 15 is 0 Å². The first-order chi connectivity index (χ1) is 14.9. The highest BCUT2D eigenvalue weighted by Crippen LogP contribution is 2.28. The first kappa shape index (κ1) is 23.0. The predicted molar refractivity (Wildman–Crippen MR) is 119 cm³/mol. The van der Waals surface area contributed by atoms with Crippen LogP contribution in [0.25, 0.3) is 0 Å². The first-order valence-corrected chi connectivity index (χ1v) is 12.0. The standard InChI is InChI=1S/C23H29N3O4S/c1-3-17(4-2)22(18-9-6-5-7-10-18)25-23(28)19-11-8-12-20(15-19)31(29,30)26-14-13-24-21(27)16-26/h5-12,15,17,22H,3-4,13-14,16H2,1-2H3,(H,24,27)(H,25,28)/t22-/m1/s1. The Labute approximate surface area is 183 Å². The fraction of sp³-hybridized carbons (Fsp3) is 0.391. The Morgan fingerprint density at radius 2 is 1.81 bits per heavy atom. The SMILES string of the molecule is CCC(CC)[C@@H](NC(=O)c1cccc(S(=O)(=O)N2CCNC(=O)C2)c1)c1ccccc1. The highest BCUT2D eigenvalue weighted by Gasteiger charge is 2.30. The minimum Gasteiger partial charge on any atom is -0.354 e. The number of nitrogens with one attached hydrogen (secondary N) is 2. The van der Waals surface area contributed by atoms with E-state index in [1.807, 2.05) is 30.3 Å². The molecule has 2 aromatic carbocycles. The quantitative estimate of drug-likeness (QED) is 0.656. The molecular formula is C23H29N3O4S. The van der Waals surface area contributed by atoms with Crippen LogP contribution in [0.15, 0.2) is 59.5 Å². The summed E-state index contributed by atoms with van der Waals surface area (Å²) >= 11 is 0. The van der Waals surface area contributed by atoms with Crippen LogP contribution in [0, 0.1) is 5.92 Å². The number of hydrogen-bond acceptors (Lipinski definition) is 4. The fourth-order valence-electron chi connectivity index (χ4n) is 3.89. The monoisotopic (exact) mass is 443 g/mol. The van der Waals surface area contributed by atoms with E-state index < -0.39 is 10.0 Å². The molecule has 1 saturated heterocycles. The van der Waals surface area contributed by atoms with Gasteiger partial charge in [0.1, 0.15) is 0 Å². The van der Waals surface area contributed by atoms with E-state index in [1.54, 1.807) is 12.1 Å². The van der Waals surface area contributed by atoms with Gasteiger partial charge in [-0.25, -0.2) is 8.42 Å². The van der Waals surface area contributed by atoms with E-state index in [1.165, 1.54) is 12.1 Å². The molecule has 31 heavy (non-hydrogen) atoms. The van der Waals surface area contributed by atoms with Crippen molar-refractivity contribution < 1.29 is 18.0 Å². The second-order valence-electron chi connectivity index (χ2n) is 7.65.